The topological polar surface area (TPSA) is 3.24 Å². The smallest absolute Gasteiger partial charge is 0.0502 e. The predicted molar refractivity (Wildman–Crippen MR) is 249 cm³/mol. The summed E-state index contributed by atoms with van der Waals surface area (Å²) in [7, 11) is 0. The summed E-state index contributed by atoms with van der Waals surface area (Å²) in [6, 6.07) is 55.4. The van der Waals surface area contributed by atoms with Gasteiger partial charge in [-0.1, -0.05) is 174 Å². The van der Waals surface area contributed by atoms with Gasteiger partial charge in [0.15, 0.2) is 0 Å². The standard InChI is InChI=1S/C53H43N.C2H6.C2H4/c1-33-17-23-42-43-25-21-36(29-49(43)53(48(42)27-33)31-37-11-5-6-12-38(37)32-53)19-18-35-20-24-40-41-26-22-39(30-45(41)34(2)44(40)28-35)54-50-15-9-7-13-46(50)52(3,4)47-14-8-10-16-51(47)54;2*1-2/h5-30,34H,31-32H2,1-4H3;1-2H3;1-2H2/b19-18+;;. The van der Waals surface area contributed by atoms with Crippen molar-refractivity contribution in [2.75, 3.05) is 4.90 Å². The molecule has 286 valence electrons. The average molecular weight is 752 g/mol. The maximum Gasteiger partial charge on any atom is 0.0502 e. The Bertz CT molecular complexity index is 2680. The van der Waals surface area contributed by atoms with Crippen LogP contribution >= 0.6 is 0 Å². The fraction of sp³-hybridized carbons (Fsp3) is 0.193. The van der Waals surface area contributed by atoms with Crippen molar-refractivity contribution >= 4 is 29.2 Å². The second kappa shape index (κ2) is 14.3. The number of anilines is 3. The normalized spacial score (nSPS) is 16.4. The number of nitrogens with zero attached hydrogens (tertiary/aromatic N) is 1. The minimum Gasteiger partial charge on any atom is -0.310 e. The Morgan fingerprint density at radius 2 is 1.02 bits per heavy atom. The van der Waals surface area contributed by atoms with Crippen LogP contribution in [0.2, 0.25) is 0 Å². The lowest BCUT2D eigenvalue weighted by Gasteiger charge is -2.42. The van der Waals surface area contributed by atoms with Crippen LogP contribution in [0.4, 0.5) is 17.1 Å². The highest BCUT2D eigenvalue weighted by molar-refractivity contribution is 5.90. The Hall–Kier alpha value is -6.18. The summed E-state index contributed by atoms with van der Waals surface area (Å²) in [6.45, 7) is 19.3. The zero-order chi connectivity index (χ0) is 40.3. The first-order chi connectivity index (χ1) is 28.3. The third kappa shape index (κ3) is 5.58. The number of para-hydroxylation sites is 2. The Morgan fingerprint density at radius 3 is 1.64 bits per heavy atom. The molecule has 0 N–H and O–H groups in total. The molecule has 0 radical (unpaired) electrons. The van der Waals surface area contributed by atoms with E-state index in [-0.39, 0.29) is 10.8 Å². The van der Waals surface area contributed by atoms with Crippen LogP contribution in [0.3, 0.4) is 0 Å². The van der Waals surface area contributed by atoms with Crippen LogP contribution in [-0.4, -0.2) is 0 Å². The lowest BCUT2D eigenvalue weighted by Crippen LogP contribution is -2.30. The van der Waals surface area contributed by atoms with Crippen molar-refractivity contribution in [1.82, 2.24) is 0 Å². The highest BCUT2D eigenvalue weighted by Crippen LogP contribution is 2.56. The molecule has 1 heterocycles. The van der Waals surface area contributed by atoms with Crippen LogP contribution in [0.15, 0.2) is 159 Å². The van der Waals surface area contributed by atoms with Crippen molar-refractivity contribution in [1.29, 1.82) is 0 Å². The Balaban J connectivity index is 0.00000106. The van der Waals surface area contributed by atoms with E-state index in [0.29, 0.717) is 5.92 Å². The van der Waals surface area contributed by atoms with Gasteiger partial charge in [-0.3, -0.25) is 0 Å². The first kappa shape index (κ1) is 37.4. The fourth-order valence-corrected chi connectivity index (χ4v) is 10.6. The number of fused-ring (bicyclic) bond motifs is 11. The van der Waals surface area contributed by atoms with E-state index in [1.807, 2.05) is 13.8 Å². The highest BCUT2D eigenvalue weighted by Gasteiger charge is 2.47. The van der Waals surface area contributed by atoms with Gasteiger partial charge >= 0.3 is 0 Å². The Labute approximate surface area is 346 Å². The van der Waals surface area contributed by atoms with Gasteiger partial charge in [-0.25, -0.2) is 0 Å². The minimum absolute atomic E-state index is 0.00636. The van der Waals surface area contributed by atoms with Crippen molar-refractivity contribution in [3.05, 3.63) is 220 Å². The molecule has 3 aliphatic carbocycles. The molecule has 0 amide bonds. The maximum absolute atomic E-state index is 3.00. The minimum atomic E-state index is -0.0679. The first-order valence-electron chi connectivity index (χ1n) is 21.1. The molecule has 4 aliphatic rings. The van der Waals surface area contributed by atoms with Crippen molar-refractivity contribution < 1.29 is 0 Å². The summed E-state index contributed by atoms with van der Waals surface area (Å²) in [5, 5.41) is 0. The lowest BCUT2D eigenvalue weighted by molar-refractivity contribution is 0.563. The summed E-state index contributed by atoms with van der Waals surface area (Å²) in [4.78, 5) is 2.48. The molecule has 1 nitrogen and oxygen atoms in total. The van der Waals surface area contributed by atoms with Crippen molar-refractivity contribution in [2.24, 2.45) is 0 Å². The summed E-state index contributed by atoms with van der Waals surface area (Å²) >= 11 is 0. The third-order valence-corrected chi connectivity index (χ3v) is 13.3. The van der Waals surface area contributed by atoms with Gasteiger partial charge in [0, 0.05) is 22.4 Å². The van der Waals surface area contributed by atoms with Gasteiger partial charge in [-0.05, 0) is 122 Å². The van der Waals surface area contributed by atoms with Crippen molar-refractivity contribution in [2.45, 2.75) is 71.1 Å². The number of hydrogen-bond donors (Lipinski definition) is 0. The average Bonchev–Trinajstić information content (AvgIpc) is 3.88. The second-order valence-electron chi connectivity index (χ2n) is 16.7. The summed E-state index contributed by atoms with van der Waals surface area (Å²) in [5.41, 5.74) is 24.6. The zero-order valence-corrected chi connectivity index (χ0v) is 34.9. The third-order valence-electron chi connectivity index (χ3n) is 13.3. The van der Waals surface area contributed by atoms with Crippen LogP contribution < -0.4 is 4.90 Å². The number of rotatable bonds is 3. The molecule has 0 aromatic heterocycles. The van der Waals surface area contributed by atoms with Gasteiger partial charge in [0.1, 0.15) is 0 Å². The van der Waals surface area contributed by atoms with Crippen LogP contribution in [0.25, 0.3) is 34.4 Å². The van der Waals surface area contributed by atoms with E-state index in [2.05, 4.69) is 203 Å². The van der Waals surface area contributed by atoms with Gasteiger partial charge < -0.3 is 4.90 Å². The SMILES string of the molecule is C=C.CC.Cc1ccc2c(c1)C1(Cc3ccccc3C1)c1cc(/C=C/c3ccc4c(c3)C(C)c3cc(N5c6ccccc6C(C)(C)c6ccccc65)ccc3-4)ccc1-2. The van der Waals surface area contributed by atoms with Gasteiger partial charge in [0.05, 0.1) is 11.4 Å². The summed E-state index contributed by atoms with van der Waals surface area (Å²) in [6.07, 6.45) is 6.78. The molecule has 1 heteroatoms. The molecule has 0 saturated carbocycles. The molecule has 0 bridgehead atoms. The monoisotopic (exact) mass is 751 g/mol. The van der Waals surface area contributed by atoms with E-state index in [9.17, 15) is 0 Å². The number of aryl methyl sites for hydroxylation is 1. The molecule has 1 unspecified atom stereocenters. The van der Waals surface area contributed by atoms with E-state index in [1.54, 1.807) is 0 Å². The molecule has 1 aliphatic heterocycles. The fourth-order valence-electron chi connectivity index (χ4n) is 10.6. The van der Waals surface area contributed by atoms with Crippen molar-refractivity contribution in [3.63, 3.8) is 0 Å². The highest BCUT2D eigenvalue weighted by atomic mass is 15.2. The molecule has 1 atom stereocenters. The van der Waals surface area contributed by atoms with Crippen LogP contribution in [0.5, 0.6) is 0 Å². The van der Waals surface area contributed by atoms with Crippen LogP contribution in [0, 0.1) is 6.92 Å². The van der Waals surface area contributed by atoms with Crippen LogP contribution in [0.1, 0.15) is 102 Å². The van der Waals surface area contributed by atoms with Crippen LogP contribution in [-0.2, 0) is 23.7 Å². The van der Waals surface area contributed by atoms with E-state index in [0.717, 1.165) is 12.8 Å². The summed E-state index contributed by atoms with van der Waals surface area (Å²) in [5.74, 6) is 0.306. The Kier molecular flexibility index (Phi) is 9.24. The molecule has 7 aromatic carbocycles. The quantitative estimate of drug-likeness (QED) is 0.128. The Morgan fingerprint density at radius 1 is 0.534 bits per heavy atom. The van der Waals surface area contributed by atoms with E-state index in [1.165, 1.54) is 101 Å². The number of hydrogen-bond acceptors (Lipinski definition) is 1. The molecular formula is C57H53N. The van der Waals surface area contributed by atoms with Gasteiger partial charge in [0.2, 0.25) is 0 Å². The molecule has 0 fully saturated rings. The maximum atomic E-state index is 3.00. The molecule has 0 saturated heterocycles. The molecule has 7 aromatic rings. The molecular weight excluding hydrogens is 699 g/mol. The lowest BCUT2D eigenvalue weighted by atomic mass is 9.73. The molecule has 11 rings (SSSR count). The van der Waals surface area contributed by atoms with E-state index >= 15 is 0 Å². The summed E-state index contributed by atoms with van der Waals surface area (Å²) < 4.78 is 0. The van der Waals surface area contributed by atoms with E-state index in [4.69, 9.17) is 0 Å². The first-order valence-corrected chi connectivity index (χ1v) is 21.1. The number of benzene rings is 7. The predicted octanol–water partition coefficient (Wildman–Crippen LogP) is 15.3. The van der Waals surface area contributed by atoms with Crippen molar-refractivity contribution in [3.8, 4) is 22.3 Å². The van der Waals surface area contributed by atoms with E-state index < -0.39 is 0 Å². The molecule has 1 spiro atoms. The molecule has 58 heavy (non-hydrogen) atoms. The second-order valence-corrected chi connectivity index (χ2v) is 16.7. The largest absolute Gasteiger partial charge is 0.310 e. The van der Waals surface area contributed by atoms with Gasteiger partial charge in [0.25, 0.3) is 0 Å². The zero-order valence-electron chi connectivity index (χ0n) is 34.9. The van der Waals surface area contributed by atoms with Gasteiger partial charge in [-0.15, -0.1) is 13.2 Å². The van der Waals surface area contributed by atoms with Gasteiger partial charge in [-0.2, -0.15) is 0 Å².